The van der Waals surface area contributed by atoms with E-state index in [-0.39, 0.29) is 0 Å². The Kier molecular flexibility index (Phi) is 3.80. The molecule has 0 aliphatic heterocycles. The van der Waals surface area contributed by atoms with Crippen LogP contribution in [0.1, 0.15) is 31.4 Å². The summed E-state index contributed by atoms with van der Waals surface area (Å²) in [6.07, 6.45) is 2.16. The van der Waals surface area contributed by atoms with Crippen molar-refractivity contribution in [2.45, 2.75) is 25.9 Å². The molecule has 0 radical (unpaired) electrons. The van der Waals surface area contributed by atoms with Gasteiger partial charge in [-0.15, -0.1) is 0 Å². The molecule has 3 heteroatoms. The second-order valence-electron chi connectivity index (χ2n) is 4.32. The Hall–Kier alpha value is -1.06. The smallest absolute Gasteiger partial charge is 0.189 e. The van der Waals surface area contributed by atoms with Crippen molar-refractivity contribution in [1.29, 1.82) is 0 Å². The summed E-state index contributed by atoms with van der Waals surface area (Å²) in [4.78, 5) is 0. The van der Waals surface area contributed by atoms with Crippen LogP contribution in [0.3, 0.4) is 0 Å². The van der Waals surface area contributed by atoms with Crippen molar-refractivity contribution in [2.75, 3.05) is 13.4 Å². The van der Waals surface area contributed by atoms with Gasteiger partial charge in [0.2, 0.25) is 0 Å². The minimum Gasteiger partial charge on any atom is -0.468 e. The predicted molar refractivity (Wildman–Crippen MR) is 61.2 cm³/mol. The summed E-state index contributed by atoms with van der Waals surface area (Å²) in [5.41, 5.74) is 0.895. The van der Waals surface area contributed by atoms with Gasteiger partial charge in [0.1, 0.15) is 5.75 Å². The quantitative estimate of drug-likeness (QED) is 0.593. The molecule has 0 amide bonds. The number of aliphatic hydroxyl groups is 1. The van der Waals surface area contributed by atoms with Gasteiger partial charge in [-0.05, 0) is 43.4 Å². The Morgan fingerprint density at radius 2 is 2.00 bits per heavy atom. The Morgan fingerprint density at radius 1 is 1.31 bits per heavy atom. The zero-order valence-electron chi connectivity index (χ0n) is 9.56. The van der Waals surface area contributed by atoms with E-state index in [0.717, 1.165) is 23.8 Å². The molecule has 1 aromatic rings. The fourth-order valence-electron chi connectivity index (χ4n) is 1.45. The van der Waals surface area contributed by atoms with Crippen LogP contribution < -0.4 is 4.74 Å². The summed E-state index contributed by atoms with van der Waals surface area (Å²) < 4.78 is 10.8. The lowest BCUT2D eigenvalue weighted by Crippen LogP contribution is -2.05. The topological polar surface area (TPSA) is 38.7 Å². The molecule has 0 saturated heterocycles. The van der Waals surface area contributed by atoms with Crippen molar-refractivity contribution in [3.05, 3.63) is 29.8 Å². The summed E-state index contributed by atoms with van der Waals surface area (Å²) in [5.74, 6) is 1.54. The minimum absolute atomic E-state index is 0.310. The summed E-state index contributed by atoms with van der Waals surface area (Å²) in [6.45, 7) is 2.87. The van der Waals surface area contributed by atoms with E-state index in [1.165, 1.54) is 12.8 Å². The van der Waals surface area contributed by atoms with Gasteiger partial charge in [0, 0.05) is 0 Å². The molecule has 0 bridgehead atoms. The zero-order chi connectivity index (χ0) is 11.4. The number of rotatable bonds is 6. The lowest BCUT2D eigenvalue weighted by molar-refractivity contribution is 0.00996. The van der Waals surface area contributed by atoms with E-state index < -0.39 is 6.10 Å². The molecule has 0 spiro atoms. The Bertz CT molecular complexity index is 314. The van der Waals surface area contributed by atoms with E-state index in [1.54, 1.807) is 6.92 Å². The molecule has 16 heavy (non-hydrogen) atoms. The molecule has 2 rings (SSSR count). The third kappa shape index (κ3) is 3.51. The Balaban J connectivity index is 1.71. The standard InChI is InChI=1S/C13H18O3/c1-10(14)12-4-6-13(7-5-12)16-9-15-8-11-2-3-11/h4-7,10-11,14H,2-3,8-9H2,1H3/t10-/m1/s1. The van der Waals surface area contributed by atoms with Gasteiger partial charge in [-0.3, -0.25) is 0 Å². The highest BCUT2D eigenvalue weighted by atomic mass is 16.7. The molecule has 1 aliphatic carbocycles. The maximum Gasteiger partial charge on any atom is 0.189 e. The molecule has 1 aliphatic rings. The van der Waals surface area contributed by atoms with E-state index in [9.17, 15) is 5.11 Å². The zero-order valence-corrected chi connectivity index (χ0v) is 9.56. The maximum atomic E-state index is 9.33. The van der Waals surface area contributed by atoms with Gasteiger partial charge in [-0.1, -0.05) is 12.1 Å². The average molecular weight is 222 g/mol. The molecular formula is C13H18O3. The van der Waals surface area contributed by atoms with Gasteiger partial charge in [0.05, 0.1) is 12.7 Å². The molecule has 1 atom stereocenters. The molecule has 0 aromatic heterocycles. The Labute approximate surface area is 96.0 Å². The molecule has 1 fully saturated rings. The molecule has 1 saturated carbocycles. The van der Waals surface area contributed by atoms with E-state index in [0.29, 0.717) is 6.79 Å². The van der Waals surface area contributed by atoms with E-state index in [2.05, 4.69) is 0 Å². The second kappa shape index (κ2) is 5.32. The van der Waals surface area contributed by atoms with Crippen molar-refractivity contribution in [3.8, 4) is 5.75 Å². The van der Waals surface area contributed by atoms with Crippen LogP contribution in [0, 0.1) is 5.92 Å². The highest BCUT2D eigenvalue weighted by molar-refractivity contribution is 5.28. The lowest BCUT2D eigenvalue weighted by atomic mass is 10.1. The number of benzene rings is 1. The fourth-order valence-corrected chi connectivity index (χ4v) is 1.45. The lowest BCUT2D eigenvalue weighted by Gasteiger charge is -2.08. The average Bonchev–Trinajstić information content (AvgIpc) is 3.09. The van der Waals surface area contributed by atoms with Crippen LogP contribution in [-0.4, -0.2) is 18.5 Å². The first kappa shape index (κ1) is 11.4. The Morgan fingerprint density at radius 3 is 2.56 bits per heavy atom. The largest absolute Gasteiger partial charge is 0.468 e. The van der Waals surface area contributed by atoms with Crippen LogP contribution in [0.4, 0.5) is 0 Å². The summed E-state index contributed by atoms with van der Waals surface area (Å²) in [7, 11) is 0. The number of ether oxygens (including phenoxy) is 2. The van der Waals surface area contributed by atoms with Crippen LogP contribution in [0.25, 0.3) is 0 Å². The molecule has 0 unspecified atom stereocenters. The van der Waals surface area contributed by atoms with Crippen molar-refractivity contribution >= 4 is 0 Å². The summed E-state index contributed by atoms with van der Waals surface area (Å²) in [5, 5.41) is 9.33. The van der Waals surface area contributed by atoms with Crippen molar-refractivity contribution in [1.82, 2.24) is 0 Å². The minimum atomic E-state index is -0.430. The van der Waals surface area contributed by atoms with Crippen LogP contribution in [0.5, 0.6) is 5.75 Å². The molecule has 88 valence electrons. The van der Waals surface area contributed by atoms with E-state index in [4.69, 9.17) is 9.47 Å². The third-order valence-corrected chi connectivity index (χ3v) is 2.72. The second-order valence-corrected chi connectivity index (χ2v) is 4.32. The predicted octanol–water partition coefficient (Wildman–Crippen LogP) is 2.50. The molecule has 3 nitrogen and oxygen atoms in total. The van der Waals surface area contributed by atoms with Crippen molar-refractivity contribution < 1.29 is 14.6 Å². The third-order valence-electron chi connectivity index (χ3n) is 2.72. The van der Waals surface area contributed by atoms with Gasteiger partial charge in [0.15, 0.2) is 6.79 Å². The van der Waals surface area contributed by atoms with Gasteiger partial charge in [-0.2, -0.15) is 0 Å². The first-order chi connectivity index (χ1) is 7.75. The first-order valence-electron chi connectivity index (χ1n) is 5.74. The van der Waals surface area contributed by atoms with Crippen LogP contribution in [0.15, 0.2) is 24.3 Å². The van der Waals surface area contributed by atoms with Crippen LogP contribution in [-0.2, 0) is 4.74 Å². The first-order valence-corrected chi connectivity index (χ1v) is 5.74. The van der Waals surface area contributed by atoms with Crippen LogP contribution >= 0.6 is 0 Å². The molecule has 0 heterocycles. The fraction of sp³-hybridized carbons (Fsp3) is 0.538. The van der Waals surface area contributed by atoms with Gasteiger partial charge in [0.25, 0.3) is 0 Å². The molecular weight excluding hydrogens is 204 g/mol. The van der Waals surface area contributed by atoms with Crippen molar-refractivity contribution in [3.63, 3.8) is 0 Å². The highest BCUT2D eigenvalue weighted by Crippen LogP contribution is 2.28. The molecule has 1 N–H and O–H groups in total. The van der Waals surface area contributed by atoms with Crippen molar-refractivity contribution in [2.24, 2.45) is 5.92 Å². The number of aliphatic hydroxyl groups excluding tert-OH is 1. The van der Waals surface area contributed by atoms with Crippen LogP contribution in [0.2, 0.25) is 0 Å². The van der Waals surface area contributed by atoms with E-state index >= 15 is 0 Å². The summed E-state index contributed by atoms with van der Waals surface area (Å²) in [6, 6.07) is 7.42. The van der Waals surface area contributed by atoms with Gasteiger partial charge < -0.3 is 14.6 Å². The normalized spacial score (nSPS) is 17.1. The maximum absolute atomic E-state index is 9.33. The molecule has 1 aromatic carbocycles. The van der Waals surface area contributed by atoms with Gasteiger partial charge >= 0.3 is 0 Å². The van der Waals surface area contributed by atoms with Gasteiger partial charge in [-0.25, -0.2) is 0 Å². The van der Waals surface area contributed by atoms with E-state index in [1.807, 2.05) is 24.3 Å². The number of hydrogen-bond acceptors (Lipinski definition) is 3. The summed E-state index contributed by atoms with van der Waals surface area (Å²) >= 11 is 0. The monoisotopic (exact) mass is 222 g/mol. The SMILES string of the molecule is C[C@@H](O)c1ccc(OCOCC2CC2)cc1. The number of hydrogen-bond donors (Lipinski definition) is 1. The highest BCUT2D eigenvalue weighted by Gasteiger charge is 2.21.